The highest BCUT2D eigenvalue weighted by atomic mass is 16.5. The van der Waals surface area contributed by atoms with Crippen LogP contribution in [-0.4, -0.2) is 16.7 Å². The normalized spacial score (nSPS) is 9.92. The maximum atomic E-state index is 5.21. The van der Waals surface area contributed by atoms with Crippen LogP contribution in [0.3, 0.4) is 0 Å². The van der Waals surface area contributed by atoms with Gasteiger partial charge in [0.1, 0.15) is 18.3 Å². The number of para-hydroxylation sites is 2. The molecule has 0 atom stereocenters. The topological polar surface area (TPSA) is 27.1 Å². The van der Waals surface area contributed by atoms with Gasteiger partial charge in [0.05, 0.1) is 12.8 Å². The van der Waals surface area contributed by atoms with Crippen molar-refractivity contribution in [3.05, 3.63) is 43.0 Å². The minimum Gasteiger partial charge on any atom is -0.495 e. The van der Waals surface area contributed by atoms with Crippen molar-refractivity contribution < 1.29 is 4.74 Å². The quantitative estimate of drug-likeness (QED) is 0.690. The predicted octanol–water partition coefficient (Wildman–Crippen LogP) is 1.68. The van der Waals surface area contributed by atoms with Gasteiger partial charge in [-0.1, -0.05) is 12.1 Å². The second kappa shape index (κ2) is 3.31. The molecule has 3 heteroatoms. The van der Waals surface area contributed by atoms with Crippen LogP contribution in [0.5, 0.6) is 5.75 Å². The lowest BCUT2D eigenvalue weighted by molar-refractivity contribution is 0.413. The Balaban J connectivity index is 2.51. The van der Waals surface area contributed by atoms with Crippen LogP contribution in [0.2, 0.25) is 0 Å². The van der Waals surface area contributed by atoms with E-state index >= 15 is 0 Å². The summed E-state index contributed by atoms with van der Waals surface area (Å²) < 4.78 is 7.07. The number of imidazole rings is 1. The first-order chi connectivity index (χ1) is 6.42. The molecule has 0 aliphatic rings. The van der Waals surface area contributed by atoms with Crippen LogP contribution in [0.15, 0.2) is 36.8 Å². The maximum absolute atomic E-state index is 5.21. The predicted molar refractivity (Wildman–Crippen MR) is 49.0 cm³/mol. The summed E-state index contributed by atoms with van der Waals surface area (Å²) in [6, 6.07) is 7.77. The SMILES string of the molecule is COc1ccccc1-n1c[c]nc1. The Morgan fingerprint density at radius 2 is 2.23 bits per heavy atom. The monoisotopic (exact) mass is 173 g/mol. The van der Waals surface area contributed by atoms with Crippen LogP contribution in [0, 0.1) is 6.20 Å². The number of methoxy groups -OCH3 is 1. The molecule has 0 saturated carbocycles. The fraction of sp³-hybridized carbons (Fsp3) is 0.100. The molecule has 13 heavy (non-hydrogen) atoms. The molecule has 0 spiro atoms. The van der Waals surface area contributed by atoms with Gasteiger partial charge in [0.15, 0.2) is 0 Å². The van der Waals surface area contributed by atoms with Gasteiger partial charge >= 0.3 is 0 Å². The van der Waals surface area contributed by atoms with E-state index in [1.54, 1.807) is 19.6 Å². The zero-order valence-electron chi connectivity index (χ0n) is 7.27. The molecule has 1 heterocycles. The molecule has 0 unspecified atom stereocenters. The highest BCUT2D eigenvalue weighted by Crippen LogP contribution is 2.20. The van der Waals surface area contributed by atoms with Crippen molar-refractivity contribution in [3.63, 3.8) is 0 Å². The first kappa shape index (κ1) is 7.86. The van der Waals surface area contributed by atoms with Gasteiger partial charge in [-0.3, -0.25) is 0 Å². The fourth-order valence-electron chi connectivity index (χ4n) is 1.20. The summed E-state index contributed by atoms with van der Waals surface area (Å²) in [7, 11) is 1.65. The van der Waals surface area contributed by atoms with Gasteiger partial charge in [0, 0.05) is 6.20 Å². The van der Waals surface area contributed by atoms with Crippen molar-refractivity contribution in [1.29, 1.82) is 0 Å². The lowest BCUT2D eigenvalue weighted by Crippen LogP contribution is -1.94. The number of benzene rings is 1. The number of ether oxygens (including phenoxy) is 1. The first-order valence-electron chi connectivity index (χ1n) is 3.95. The fourth-order valence-corrected chi connectivity index (χ4v) is 1.20. The Morgan fingerprint density at radius 1 is 1.38 bits per heavy atom. The van der Waals surface area contributed by atoms with Gasteiger partial charge in [-0.25, -0.2) is 4.98 Å². The van der Waals surface area contributed by atoms with Crippen LogP contribution in [0.1, 0.15) is 0 Å². The molecule has 0 amide bonds. The second-order valence-electron chi connectivity index (χ2n) is 2.58. The third kappa shape index (κ3) is 1.40. The summed E-state index contributed by atoms with van der Waals surface area (Å²) >= 11 is 0. The van der Waals surface area contributed by atoms with E-state index in [-0.39, 0.29) is 0 Å². The number of hydrogen-bond donors (Lipinski definition) is 0. The summed E-state index contributed by atoms with van der Waals surface area (Å²) in [6.07, 6.45) is 6.19. The maximum Gasteiger partial charge on any atom is 0.142 e. The standard InChI is InChI=1S/C10H9N2O/c1-13-10-5-3-2-4-9(10)12-7-6-11-8-12/h2-5,7-8H,1H3. The summed E-state index contributed by atoms with van der Waals surface area (Å²) in [5.74, 6) is 0.828. The lowest BCUT2D eigenvalue weighted by atomic mass is 10.3. The Bertz CT molecular complexity index is 382. The molecule has 0 N–H and O–H groups in total. The Hall–Kier alpha value is -1.77. The molecule has 1 aromatic carbocycles. The van der Waals surface area contributed by atoms with Gasteiger partial charge in [0.2, 0.25) is 0 Å². The first-order valence-corrected chi connectivity index (χ1v) is 3.95. The summed E-state index contributed by atoms with van der Waals surface area (Å²) in [4.78, 5) is 3.86. The van der Waals surface area contributed by atoms with Gasteiger partial charge in [0.25, 0.3) is 0 Å². The third-order valence-corrected chi connectivity index (χ3v) is 1.82. The molecule has 2 rings (SSSR count). The molecule has 0 aliphatic heterocycles. The zero-order chi connectivity index (χ0) is 9.10. The summed E-state index contributed by atoms with van der Waals surface area (Å²) in [5, 5.41) is 0. The average molecular weight is 173 g/mol. The molecular formula is C10H9N2O. The van der Waals surface area contributed by atoms with E-state index in [1.807, 2.05) is 28.8 Å². The Morgan fingerprint density at radius 3 is 2.92 bits per heavy atom. The van der Waals surface area contributed by atoms with E-state index < -0.39 is 0 Å². The van der Waals surface area contributed by atoms with E-state index in [1.165, 1.54) is 0 Å². The third-order valence-electron chi connectivity index (χ3n) is 1.82. The second-order valence-corrected chi connectivity index (χ2v) is 2.58. The lowest BCUT2D eigenvalue weighted by Gasteiger charge is -2.07. The van der Waals surface area contributed by atoms with Crippen LogP contribution in [0.25, 0.3) is 5.69 Å². The summed E-state index contributed by atoms with van der Waals surface area (Å²) in [6.45, 7) is 0. The number of hydrogen-bond acceptors (Lipinski definition) is 2. The van der Waals surface area contributed by atoms with Crippen molar-refractivity contribution >= 4 is 0 Å². The zero-order valence-corrected chi connectivity index (χ0v) is 7.27. The molecular weight excluding hydrogens is 164 g/mol. The molecule has 0 fully saturated rings. The van der Waals surface area contributed by atoms with Crippen molar-refractivity contribution in [1.82, 2.24) is 9.55 Å². The number of aromatic nitrogens is 2. The van der Waals surface area contributed by atoms with E-state index in [4.69, 9.17) is 4.74 Å². The minimum absolute atomic E-state index is 0.828. The van der Waals surface area contributed by atoms with Crippen LogP contribution in [-0.2, 0) is 0 Å². The summed E-state index contributed by atoms with van der Waals surface area (Å²) in [5.41, 5.74) is 0.971. The van der Waals surface area contributed by atoms with Gasteiger partial charge in [-0.05, 0) is 12.1 Å². The molecule has 0 aliphatic carbocycles. The molecule has 1 radical (unpaired) electrons. The number of nitrogens with zero attached hydrogens (tertiary/aromatic N) is 2. The van der Waals surface area contributed by atoms with Crippen molar-refractivity contribution in [2.75, 3.05) is 7.11 Å². The minimum atomic E-state index is 0.828. The van der Waals surface area contributed by atoms with Crippen LogP contribution in [0.4, 0.5) is 0 Å². The molecule has 0 saturated heterocycles. The van der Waals surface area contributed by atoms with Crippen LogP contribution >= 0.6 is 0 Å². The van der Waals surface area contributed by atoms with Crippen molar-refractivity contribution in [3.8, 4) is 11.4 Å². The Kier molecular flexibility index (Phi) is 2.00. The smallest absolute Gasteiger partial charge is 0.142 e. The largest absolute Gasteiger partial charge is 0.495 e. The van der Waals surface area contributed by atoms with Crippen LogP contribution < -0.4 is 4.74 Å². The highest BCUT2D eigenvalue weighted by Gasteiger charge is 2.01. The molecule has 1 aromatic heterocycles. The van der Waals surface area contributed by atoms with Gasteiger partial charge in [-0.15, -0.1) is 0 Å². The van der Waals surface area contributed by atoms with E-state index in [2.05, 4.69) is 11.2 Å². The van der Waals surface area contributed by atoms with E-state index in [0.717, 1.165) is 11.4 Å². The molecule has 0 bridgehead atoms. The number of rotatable bonds is 2. The van der Waals surface area contributed by atoms with E-state index in [0.29, 0.717) is 0 Å². The molecule has 65 valence electrons. The van der Waals surface area contributed by atoms with Crippen molar-refractivity contribution in [2.45, 2.75) is 0 Å². The van der Waals surface area contributed by atoms with Gasteiger partial charge < -0.3 is 9.30 Å². The Labute approximate surface area is 76.6 Å². The van der Waals surface area contributed by atoms with E-state index in [9.17, 15) is 0 Å². The molecule has 2 aromatic rings. The highest BCUT2D eigenvalue weighted by molar-refractivity contribution is 5.46. The average Bonchev–Trinajstić information content (AvgIpc) is 2.70. The van der Waals surface area contributed by atoms with Gasteiger partial charge in [-0.2, -0.15) is 0 Å². The molecule has 3 nitrogen and oxygen atoms in total. The van der Waals surface area contributed by atoms with Crippen molar-refractivity contribution in [2.24, 2.45) is 0 Å².